The molecule has 1 N–H and O–H groups in total. The third-order valence-electron chi connectivity index (χ3n) is 4.61. The number of pyridine rings is 1. The average Bonchev–Trinajstić information content (AvgIpc) is 2.73. The molecule has 148 valence electrons. The molecule has 0 bridgehead atoms. The van der Waals surface area contributed by atoms with Crippen molar-refractivity contribution in [3.63, 3.8) is 0 Å². The Morgan fingerprint density at radius 2 is 2.07 bits per heavy atom. The first-order chi connectivity index (χ1) is 13.5. The van der Waals surface area contributed by atoms with E-state index in [2.05, 4.69) is 9.71 Å². The highest BCUT2D eigenvalue weighted by molar-refractivity contribution is 7.89. The first kappa shape index (κ1) is 20.3. The summed E-state index contributed by atoms with van der Waals surface area (Å²) in [6.07, 6.45) is 2.77. The van der Waals surface area contributed by atoms with E-state index in [1.807, 2.05) is 30.3 Å². The predicted molar refractivity (Wildman–Crippen MR) is 105 cm³/mol. The summed E-state index contributed by atoms with van der Waals surface area (Å²) < 4.78 is 38.0. The number of nitriles is 1. The van der Waals surface area contributed by atoms with Gasteiger partial charge in [0.05, 0.1) is 23.1 Å². The van der Waals surface area contributed by atoms with Gasteiger partial charge >= 0.3 is 0 Å². The van der Waals surface area contributed by atoms with E-state index in [0.29, 0.717) is 17.9 Å². The van der Waals surface area contributed by atoms with E-state index in [9.17, 15) is 8.42 Å². The number of benzene rings is 1. The van der Waals surface area contributed by atoms with Gasteiger partial charge in [-0.05, 0) is 56.2 Å². The molecule has 0 radical (unpaired) electrons. The molecule has 0 saturated carbocycles. The Morgan fingerprint density at radius 1 is 1.29 bits per heavy atom. The fraction of sp³-hybridized carbons (Fsp3) is 0.400. The second-order valence-electron chi connectivity index (χ2n) is 6.56. The topological polar surface area (TPSA) is 101 Å². The first-order valence-corrected chi connectivity index (χ1v) is 10.9. The van der Waals surface area contributed by atoms with E-state index in [-0.39, 0.29) is 24.5 Å². The van der Waals surface area contributed by atoms with Gasteiger partial charge in [0.1, 0.15) is 24.5 Å². The fourth-order valence-electron chi connectivity index (χ4n) is 2.98. The van der Waals surface area contributed by atoms with E-state index < -0.39 is 10.0 Å². The summed E-state index contributed by atoms with van der Waals surface area (Å²) in [4.78, 5) is 4.27. The van der Waals surface area contributed by atoms with Gasteiger partial charge in [-0.2, -0.15) is 5.26 Å². The lowest BCUT2D eigenvalue weighted by atomic mass is 10.0. The van der Waals surface area contributed by atoms with E-state index in [1.54, 1.807) is 19.1 Å². The van der Waals surface area contributed by atoms with Crippen molar-refractivity contribution in [3.05, 3.63) is 48.2 Å². The van der Waals surface area contributed by atoms with Crippen molar-refractivity contribution in [2.75, 3.05) is 19.0 Å². The Hall–Kier alpha value is -2.47. The Labute approximate surface area is 165 Å². The van der Waals surface area contributed by atoms with Crippen molar-refractivity contribution < 1.29 is 17.9 Å². The number of nitrogens with zero attached hydrogens (tertiary/aromatic N) is 2. The van der Waals surface area contributed by atoms with Gasteiger partial charge in [-0.1, -0.05) is 0 Å². The molecular formula is C20H23N3O4S. The van der Waals surface area contributed by atoms with Crippen molar-refractivity contribution in [3.8, 4) is 23.1 Å². The summed E-state index contributed by atoms with van der Waals surface area (Å²) in [6, 6.07) is 12.8. The van der Waals surface area contributed by atoms with Crippen LogP contribution < -0.4 is 9.46 Å². The van der Waals surface area contributed by atoms with Crippen LogP contribution in [0.1, 0.15) is 25.3 Å². The van der Waals surface area contributed by atoms with Crippen LogP contribution in [0.25, 0.3) is 11.3 Å². The van der Waals surface area contributed by atoms with Gasteiger partial charge in [-0.15, -0.1) is 0 Å². The Kier molecular flexibility index (Phi) is 6.62. The number of rotatable bonds is 7. The first-order valence-electron chi connectivity index (χ1n) is 9.22. The second-order valence-corrected chi connectivity index (χ2v) is 8.60. The molecule has 0 unspecified atom stereocenters. The van der Waals surface area contributed by atoms with Crippen molar-refractivity contribution in [1.29, 1.82) is 5.26 Å². The van der Waals surface area contributed by atoms with E-state index in [1.165, 1.54) is 6.20 Å². The maximum atomic E-state index is 11.9. The normalized spacial score (nSPS) is 19.7. The van der Waals surface area contributed by atoms with Gasteiger partial charge in [0.2, 0.25) is 10.0 Å². The Balaban J connectivity index is 1.61. The Morgan fingerprint density at radius 3 is 2.71 bits per heavy atom. The molecule has 2 aromatic rings. The van der Waals surface area contributed by atoms with Crippen molar-refractivity contribution in [2.45, 2.75) is 31.9 Å². The van der Waals surface area contributed by atoms with Crippen molar-refractivity contribution >= 4 is 10.0 Å². The van der Waals surface area contributed by atoms with Crippen LogP contribution in [0.2, 0.25) is 0 Å². The summed E-state index contributed by atoms with van der Waals surface area (Å²) >= 11 is 0. The molecular weight excluding hydrogens is 378 g/mol. The fourth-order valence-corrected chi connectivity index (χ4v) is 3.88. The van der Waals surface area contributed by atoms with Gasteiger partial charge in [0, 0.05) is 18.4 Å². The molecule has 0 amide bonds. The smallest absolute Gasteiger partial charge is 0.211 e. The summed E-state index contributed by atoms with van der Waals surface area (Å²) in [5.41, 5.74) is 2.21. The SMILES string of the molecule is CCS(=O)(=O)N[C@H]1CCCO[C@@H]1COc1ccc(-c2ccc(C#N)cn2)cc1. The molecule has 1 aliphatic rings. The molecule has 2 atom stereocenters. The summed E-state index contributed by atoms with van der Waals surface area (Å²) in [7, 11) is -3.29. The molecule has 28 heavy (non-hydrogen) atoms. The van der Waals surface area contributed by atoms with Gasteiger partial charge < -0.3 is 9.47 Å². The number of sulfonamides is 1. The van der Waals surface area contributed by atoms with E-state index in [4.69, 9.17) is 14.7 Å². The second kappa shape index (κ2) is 9.15. The quantitative estimate of drug-likeness (QED) is 0.765. The number of hydrogen-bond acceptors (Lipinski definition) is 6. The monoisotopic (exact) mass is 401 g/mol. The molecule has 7 nitrogen and oxygen atoms in total. The zero-order valence-electron chi connectivity index (χ0n) is 15.7. The minimum Gasteiger partial charge on any atom is -0.491 e. The molecule has 0 aliphatic carbocycles. The summed E-state index contributed by atoms with van der Waals surface area (Å²) in [5, 5.41) is 8.84. The zero-order valence-corrected chi connectivity index (χ0v) is 16.5. The lowest BCUT2D eigenvalue weighted by Crippen LogP contribution is -2.49. The number of nitrogens with one attached hydrogen (secondary N) is 1. The lowest BCUT2D eigenvalue weighted by Gasteiger charge is -2.31. The molecule has 1 fully saturated rings. The van der Waals surface area contributed by atoms with Crippen LogP contribution >= 0.6 is 0 Å². The number of aromatic nitrogens is 1. The van der Waals surface area contributed by atoms with Crippen LogP contribution in [-0.2, 0) is 14.8 Å². The predicted octanol–water partition coefficient (Wildman–Crippen LogP) is 2.49. The molecule has 1 saturated heterocycles. The highest BCUT2D eigenvalue weighted by atomic mass is 32.2. The zero-order chi connectivity index (χ0) is 20.0. The maximum absolute atomic E-state index is 11.9. The third-order valence-corrected chi connectivity index (χ3v) is 6.03. The summed E-state index contributed by atoms with van der Waals surface area (Å²) in [5.74, 6) is 0.714. The molecule has 3 rings (SSSR count). The van der Waals surface area contributed by atoms with Gasteiger partial charge in [-0.25, -0.2) is 13.1 Å². The lowest BCUT2D eigenvalue weighted by molar-refractivity contribution is -0.0279. The minimum absolute atomic E-state index is 0.0436. The minimum atomic E-state index is -3.29. The maximum Gasteiger partial charge on any atom is 0.211 e. The van der Waals surface area contributed by atoms with Crippen molar-refractivity contribution in [1.82, 2.24) is 9.71 Å². The highest BCUT2D eigenvalue weighted by Gasteiger charge is 2.29. The summed E-state index contributed by atoms with van der Waals surface area (Å²) in [6.45, 7) is 2.48. The van der Waals surface area contributed by atoms with Gasteiger partial charge in [0.15, 0.2) is 0 Å². The van der Waals surface area contributed by atoms with Gasteiger partial charge in [0.25, 0.3) is 0 Å². The van der Waals surface area contributed by atoms with Crippen LogP contribution in [0.4, 0.5) is 0 Å². The van der Waals surface area contributed by atoms with Gasteiger partial charge in [-0.3, -0.25) is 4.98 Å². The molecule has 8 heteroatoms. The van der Waals surface area contributed by atoms with E-state index >= 15 is 0 Å². The molecule has 0 spiro atoms. The van der Waals surface area contributed by atoms with Crippen LogP contribution in [0.5, 0.6) is 5.75 Å². The van der Waals surface area contributed by atoms with Crippen LogP contribution in [0, 0.1) is 11.3 Å². The third kappa shape index (κ3) is 5.29. The molecule has 2 heterocycles. The highest BCUT2D eigenvalue weighted by Crippen LogP contribution is 2.22. The molecule has 1 aliphatic heterocycles. The Bertz CT molecular complexity index is 921. The van der Waals surface area contributed by atoms with Crippen molar-refractivity contribution in [2.24, 2.45) is 0 Å². The number of hydrogen-bond donors (Lipinski definition) is 1. The average molecular weight is 401 g/mol. The van der Waals surface area contributed by atoms with Crippen LogP contribution in [0.15, 0.2) is 42.6 Å². The van der Waals surface area contributed by atoms with Crippen LogP contribution in [0.3, 0.4) is 0 Å². The van der Waals surface area contributed by atoms with Crippen LogP contribution in [-0.4, -0.2) is 44.5 Å². The van der Waals surface area contributed by atoms with E-state index in [0.717, 1.165) is 24.1 Å². The molecule has 1 aromatic carbocycles. The largest absolute Gasteiger partial charge is 0.491 e. The molecule has 1 aromatic heterocycles. The number of ether oxygens (including phenoxy) is 2. The standard InChI is InChI=1S/C20H23N3O4S/c1-2-28(24,25)23-19-4-3-11-26-20(19)14-27-17-8-6-16(7-9-17)18-10-5-15(12-21)13-22-18/h5-10,13,19-20,23H,2-4,11,14H2,1H3/t19-,20+/m0/s1.